The molecule has 0 bridgehead atoms. The van der Waals surface area contributed by atoms with Crippen molar-refractivity contribution in [3.63, 3.8) is 0 Å². The summed E-state index contributed by atoms with van der Waals surface area (Å²) in [7, 11) is 0. The van der Waals surface area contributed by atoms with E-state index in [1.807, 2.05) is 0 Å². The second-order valence-corrected chi connectivity index (χ2v) is 5.98. The molecule has 2 aromatic carbocycles. The minimum Gasteiger partial charge on any atom is -0.489 e. The first-order valence-corrected chi connectivity index (χ1v) is 7.54. The highest BCUT2D eigenvalue weighted by atomic mass is 35.5. The largest absolute Gasteiger partial charge is 0.489 e. The number of rotatable bonds is 5. The maximum absolute atomic E-state index is 9.78. The van der Waals surface area contributed by atoms with Crippen LogP contribution in [-0.2, 0) is 6.61 Å². The van der Waals surface area contributed by atoms with Crippen LogP contribution in [0.15, 0.2) is 42.5 Å². The third-order valence-electron chi connectivity index (χ3n) is 3.46. The lowest BCUT2D eigenvalue weighted by molar-refractivity contribution is 0.190. The fourth-order valence-corrected chi connectivity index (χ4v) is 2.32. The molecule has 0 aliphatic carbocycles. The number of ether oxygens (including phenoxy) is 1. The second kappa shape index (κ2) is 6.97. The predicted molar refractivity (Wildman–Crippen MR) is 86.9 cm³/mol. The van der Waals surface area contributed by atoms with Gasteiger partial charge in [-0.2, -0.15) is 0 Å². The van der Waals surface area contributed by atoms with Crippen molar-refractivity contribution in [2.45, 2.75) is 39.4 Å². The highest BCUT2D eigenvalue weighted by Crippen LogP contribution is 2.29. The first-order valence-electron chi connectivity index (χ1n) is 7.16. The van der Waals surface area contributed by atoms with E-state index in [1.54, 1.807) is 25.1 Å². The lowest BCUT2D eigenvalue weighted by atomic mass is 10.0. The second-order valence-electron chi connectivity index (χ2n) is 5.54. The molecule has 2 aromatic rings. The SMILES string of the molecule is CC(C)c1ccc(COc2ccc(Cl)cc2[C@@H](C)O)cc1. The van der Waals surface area contributed by atoms with Crippen LogP contribution in [0, 0.1) is 0 Å². The molecule has 0 heterocycles. The van der Waals surface area contributed by atoms with Gasteiger partial charge in [-0.05, 0) is 42.2 Å². The average molecular weight is 305 g/mol. The van der Waals surface area contributed by atoms with Crippen LogP contribution in [0.1, 0.15) is 49.5 Å². The molecule has 0 spiro atoms. The summed E-state index contributed by atoms with van der Waals surface area (Å²) in [4.78, 5) is 0. The summed E-state index contributed by atoms with van der Waals surface area (Å²) >= 11 is 5.96. The Morgan fingerprint density at radius 3 is 2.29 bits per heavy atom. The Balaban J connectivity index is 2.09. The van der Waals surface area contributed by atoms with E-state index in [1.165, 1.54) is 5.56 Å². The lowest BCUT2D eigenvalue weighted by Gasteiger charge is -2.14. The van der Waals surface area contributed by atoms with Crippen LogP contribution >= 0.6 is 11.6 Å². The molecule has 1 atom stereocenters. The molecule has 2 nitrogen and oxygen atoms in total. The third kappa shape index (κ3) is 4.23. The monoisotopic (exact) mass is 304 g/mol. The van der Waals surface area contributed by atoms with Gasteiger partial charge in [0.25, 0.3) is 0 Å². The van der Waals surface area contributed by atoms with Crippen molar-refractivity contribution < 1.29 is 9.84 Å². The van der Waals surface area contributed by atoms with E-state index in [-0.39, 0.29) is 0 Å². The average Bonchev–Trinajstić information content (AvgIpc) is 2.46. The first-order chi connectivity index (χ1) is 9.97. The normalized spacial score (nSPS) is 12.5. The van der Waals surface area contributed by atoms with Crippen molar-refractivity contribution in [2.24, 2.45) is 0 Å². The van der Waals surface area contributed by atoms with Crippen molar-refractivity contribution in [3.05, 3.63) is 64.2 Å². The summed E-state index contributed by atoms with van der Waals surface area (Å²) in [5.41, 5.74) is 3.13. The van der Waals surface area contributed by atoms with Crippen LogP contribution < -0.4 is 4.74 Å². The Morgan fingerprint density at radius 1 is 1.05 bits per heavy atom. The van der Waals surface area contributed by atoms with Crippen molar-refractivity contribution in [1.82, 2.24) is 0 Å². The van der Waals surface area contributed by atoms with Crippen molar-refractivity contribution in [3.8, 4) is 5.75 Å². The number of halogens is 1. The molecule has 0 aliphatic heterocycles. The highest BCUT2D eigenvalue weighted by molar-refractivity contribution is 6.30. The van der Waals surface area contributed by atoms with E-state index in [2.05, 4.69) is 38.1 Å². The molecule has 0 saturated heterocycles. The number of hydrogen-bond acceptors (Lipinski definition) is 2. The zero-order valence-electron chi connectivity index (χ0n) is 12.6. The van der Waals surface area contributed by atoms with Gasteiger partial charge in [0.1, 0.15) is 12.4 Å². The third-order valence-corrected chi connectivity index (χ3v) is 3.70. The fraction of sp³-hybridized carbons (Fsp3) is 0.333. The van der Waals surface area contributed by atoms with Gasteiger partial charge in [-0.15, -0.1) is 0 Å². The summed E-state index contributed by atoms with van der Waals surface area (Å²) < 4.78 is 5.82. The quantitative estimate of drug-likeness (QED) is 0.833. The van der Waals surface area contributed by atoms with Crippen LogP contribution in [0.3, 0.4) is 0 Å². The Labute approximate surface area is 131 Å². The van der Waals surface area contributed by atoms with Gasteiger partial charge in [-0.25, -0.2) is 0 Å². The number of aliphatic hydroxyl groups excluding tert-OH is 1. The van der Waals surface area contributed by atoms with Gasteiger partial charge in [-0.3, -0.25) is 0 Å². The van der Waals surface area contributed by atoms with E-state index in [0.717, 1.165) is 5.56 Å². The van der Waals surface area contributed by atoms with Crippen molar-refractivity contribution in [1.29, 1.82) is 0 Å². The molecule has 112 valence electrons. The number of aliphatic hydroxyl groups is 1. The van der Waals surface area contributed by atoms with E-state index in [0.29, 0.717) is 28.9 Å². The van der Waals surface area contributed by atoms with Gasteiger partial charge >= 0.3 is 0 Å². The van der Waals surface area contributed by atoms with Gasteiger partial charge in [0.15, 0.2) is 0 Å². The van der Waals surface area contributed by atoms with Gasteiger partial charge < -0.3 is 9.84 Å². The fourth-order valence-electron chi connectivity index (χ4n) is 2.14. The summed E-state index contributed by atoms with van der Waals surface area (Å²) in [6.07, 6.45) is -0.609. The Kier molecular flexibility index (Phi) is 5.27. The van der Waals surface area contributed by atoms with Crippen LogP contribution in [0.2, 0.25) is 5.02 Å². The van der Waals surface area contributed by atoms with E-state index in [9.17, 15) is 5.11 Å². The first kappa shape index (κ1) is 15.9. The summed E-state index contributed by atoms with van der Waals surface area (Å²) in [5.74, 6) is 1.19. The molecule has 0 amide bonds. The van der Waals surface area contributed by atoms with Gasteiger partial charge in [0.05, 0.1) is 6.10 Å². The molecular formula is C18H21ClO2. The smallest absolute Gasteiger partial charge is 0.125 e. The number of hydrogen-bond donors (Lipinski definition) is 1. The molecular weight excluding hydrogens is 284 g/mol. The minimum absolute atomic E-state index is 0.472. The standard InChI is InChI=1S/C18H21ClO2/c1-12(2)15-6-4-14(5-7-15)11-21-18-9-8-16(19)10-17(18)13(3)20/h4-10,12-13,20H,11H2,1-3H3/t13-/m1/s1. The molecule has 0 saturated carbocycles. The molecule has 21 heavy (non-hydrogen) atoms. The maximum atomic E-state index is 9.78. The van der Waals surface area contributed by atoms with Gasteiger partial charge in [0.2, 0.25) is 0 Å². The van der Waals surface area contributed by atoms with E-state index >= 15 is 0 Å². The van der Waals surface area contributed by atoms with Crippen LogP contribution in [0.4, 0.5) is 0 Å². The lowest BCUT2D eigenvalue weighted by Crippen LogP contribution is -2.01. The molecule has 0 fully saturated rings. The summed E-state index contributed by atoms with van der Waals surface area (Å²) in [6.45, 7) is 6.53. The topological polar surface area (TPSA) is 29.5 Å². The Bertz CT molecular complexity index is 589. The minimum atomic E-state index is -0.609. The Morgan fingerprint density at radius 2 is 1.71 bits per heavy atom. The molecule has 3 heteroatoms. The molecule has 0 unspecified atom stereocenters. The summed E-state index contributed by atoms with van der Waals surface area (Å²) in [5, 5.41) is 10.4. The highest BCUT2D eigenvalue weighted by Gasteiger charge is 2.10. The van der Waals surface area contributed by atoms with Crippen molar-refractivity contribution in [2.75, 3.05) is 0 Å². The molecule has 2 rings (SSSR count). The molecule has 0 aliphatic rings. The van der Waals surface area contributed by atoms with Crippen LogP contribution in [0.25, 0.3) is 0 Å². The molecule has 0 radical (unpaired) electrons. The molecule has 0 aromatic heterocycles. The van der Waals surface area contributed by atoms with Crippen LogP contribution in [0.5, 0.6) is 5.75 Å². The van der Waals surface area contributed by atoms with Crippen LogP contribution in [-0.4, -0.2) is 5.11 Å². The van der Waals surface area contributed by atoms with Gasteiger partial charge in [0, 0.05) is 10.6 Å². The van der Waals surface area contributed by atoms with Gasteiger partial charge in [-0.1, -0.05) is 49.7 Å². The maximum Gasteiger partial charge on any atom is 0.125 e. The van der Waals surface area contributed by atoms with E-state index in [4.69, 9.17) is 16.3 Å². The van der Waals surface area contributed by atoms with Crippen molar-refractivity contribution >= 4 is 11.6 Å². The summed E-state index contributed by atoms with van der Waals surface area (Å²) in [6, 6.07) is 13.7. The predicted octanol–water partition coefficient (Wildman–Crippen LogP) is 5.10. The molecule has 1 N–H and O–H groups in total. The zero-order chi connectivity index (χ0) is 15.4. The number of benzene rings is 2. The Hall–Kier alpha value is -1.51. The van der Waals surface area contributed by atoms with E-state index < -0.39 is 6.10 Å². The zero-order valence-corrected chi connectivity index (χ0v) is 13.4.